The third kappa shape index (κ3) is 2.95. The number of carbonyl (C=O) groups is 1. The molecule has 0 unspecified atom stereocenters. The third-order valence-corrected chi connectivity index (χ3v) is 4.17. The molecule has 1 aromatic carbocycles. The van der Waals surface area contributed by atoms with E-state index in [9.17, 15) is 4.79 Å². The van der Waals surface area contributed by atoms with E-state index in [1.807, 2.05) is 24.3 Å². The van der Waals surface area contributed by atoms with E-state index in [-0.39, 0.29) is 5.91 Å². The number of carbonyl (C=O) groups excluding carboxylic acids is 1. The van der Waals surface area contributed by atoms with Crippen molar-refractivity contribution in [1.82, 2.24) is 19.8 Å². The lowest BCUT2D eigenvalue weighted by molar-refractivity contribution is -0.111. The van der Waals surface area contributed by atoms with Gasteiger partial charge in [-0.05, 0) is 30.3 Å². The molecule has 3 aromatic heterocycles. The summed E-state index contributed by atoms with van der Waals surface area (Å²) >= 11 is 1.43. The zero-order chi connectivity index (χ0) is 16.4. The average Bonchev–Trinajstić information content (AvgIpc) is 3.30. The molecule has 0 atom stereocenters. The average molecular weight is 337 g/mol. The van der Waals surface area contributed by atoms with Crippen LogP contribution in [0.2, 0.25) is 0 Å². The van der Waals surface area contributed by atoms with Crippen LogP contribution in [0.1, 0.15) is 5.76 Å². The summed E-state index contributed by atoms with van der Waals surface area (Å²) in [7, 11) is 0. The molecule has 0 aliphatic carbocycles. The maximum Gasteiger partial charge on any atom is 0.248 e. The quantitative estimate of drug-likeness (QED) is 0.578. The molecule has 0 saturated carbocycles. The Kier molecular flexibility index (Phi) is 3.64. The van der Waals surface area contributed by atoms with Gasteiger partial charge in [-0.25, -0.2) is 0 Å². The van der Waals surface area contributed by atoms with Crippen molar-refractivity contribution in [1.29, 1.82) is 0 Å². The van der Waals surface area contributed by atoms with Gasteiger partial charge in [-0.1, -0.05) is 23.5 Å². The molecular formula is C16H11N5O2S. The zero-order valence-corrected chi connectivity index (χ0v) is 13.1. The monoisotopic (exact) mass is 337 g/mol. The molecule has 0 spiro atoms. The minimum Gasteiger partial charge on any atom is -0.465 e. The topological polar surface area (TPSA) is 85.3 Å². The number of benzene rings is 1. The van der Waals surface area contributed by atoms with Gasteiger partial charge in [0.05, 0.1) is 6.26 Å². The number of nitrogens with one attached hydrogen (secondary N) is 1. The molecule has 0 saturated heterocycles. The maximum absolute atomic E-state index is 12.0. The van der Waals surface area contributed by atoms with Crippen molar-refractivity contribution in [3.8, 4) is 10.6 Å². The molecule has 0 bridgehead atoms. The number of amides is 1. The van der Waals surface area contributed by atoms with Crippen LogP contribution < -0.4 is 5.32 Å². The summed E-state index contributed by atoms with van der Waals surface area (Å²) in [6.45, 7) is 0. The van der Waals surface area contributed by atoms with Crippen LogP contribution in [0, 0.1) is 0 Å². The Balaban J connectivity index is 1.52. The molecule has 1 N–H and O–H groups in total. The predicted octanol–water partition coefficient (Wildman–Crippen LogP) is 3.10. The van der Waals surface area contributed by atoms with Crippen LogP contribution in [0.15, 0.2) is 59.5 Å². The lowest BCUT2D eigenvalue weighted by atomic mass is 10.2. The molecule has 7 nitrogen and oxygen atoms in total. The molecule has 8 heteroatoms. The first-order valence-corrected chi connectivity index (χ1v) is 7.89. The molecule has 118 valence electrons. The first kappa shape index (κ1) is 14.3. The molecule has 0 aliphatic rings. The van der Waals surface area contributed by atoms with E-state index in [1.165, 1.54) is 17.4 Å². The van der Waals surface area contributed by atoms with Crippen LogP contribution in [0.25, 0.3) is 21.6 Å². The number of rotatable bonds is 4. The largest absolute Gasteiger partial charge is 0.465 e. The maximum atomic E-state index is 12.0. The second-order valence-corrected chi connectivity index (χ2v) is 5.84. The lowest BCUT2D eigenvalue weighted by Crippen LogP contribution is -2.07. The molecule has 3 heterocycles. The fourth-order valence-corrected chi connectivity index (χ4v) is 2.95. The number of hydrogen-bond donors (Lipinski definition) is 1. The van der Waals surface area contributed by atoms with Crippen molar-refractivity contribution in [2.45, 2.75) is 0 Å². The van der Waals surface area contributed by atoms with Crippen LogP contribution in [0.3, 0.4) is 0 Å². The highest BCUT2D eigenvalue weighted by Gasteiger charge is 2.08. The Hall–Kier alpha value is -3.26. The fraction of sp³-hybridized carbons (Fsp3) is 0. The van der Waals surface area contributed by atoms with Gasteiger partial charge in [0, 0.05) is 17.3 Å². The van der Waals surface area contributed by atoms with Crippen LogP contribution in [-0.4, -0.2) is 25.7 Å². The van der Waals surface area contributed by atoms with Crippen molar-refractivity contribution in [2.24, 2.45) is 0 Å². The van der Waals surface area contributed by atoms with Gasteiger partial charge in [0.15, 0.2) is 0 Å². The molecule has 0 radical (unpaired) electrons. The van der Waals surface area contributed by atoms with Gasteiger partial charge in [0.25, 0.3) is 0 Å². The number of furan rings is 1. The molecule has 24 heavy (non-hydrogen) atoms. The standard InChI is InChI=1S/C16H11N5O2S/c22-14(7-6-13-5-2-8-23-13)18-12-4-1-3-11(9-12)15-20-21-10-17-19-16(21)24-15/h1-10H,(H,18,22)/b7-6+. The van der Waals surface area contributed by atoms with Crippen molar-refractivity contribution < 1.29 is 9.21 Å². The van der Waals surface area contributed by atoms with Crippen LogP contribution in [-0.2, 0) is 4.79 Å². The highest BCUT2D eigenvalue weighted by molar-refractivity contribution is 7.19. The number of fused-ring (bicyclic) bond motifs is 1. The number of aromatic nitrogens is 4. The van der Waals surface area contributed by atoms with Gasteiger partial charge in [0.1, 0.15) is 17.1 Å². The zero-order valence-electron chi connectivity index (χ0n) is 12.3. The van der Waals surface area contributed by atoms with Crippen LogP contribution in [0.4, 0.5) is 5.69 Å². The summed E-state index contributed by atoms with van der Waals surface area (Å²) in [4.78, 5) is 12.7. The van der Waals surface area contributed by atoms with E-state index in [4.69, 9.17) is 4.42 Å². The van der Waals surface area contributed by atoms with Crippen molar-refractivity contribution in [3.63, 3.8) is 0 Å². The summed E-state index contributed by atoms with van der Waals surface area (Å²) in [6, 6.07) is 11.0. The smallest absolute Gasteiger partial charge is 0.248 e. The second kappa shape index (κ2) is 6.09. The normalized spacial score (nSPS) is 11.3. The minimum absolute atomic E-state index is 0.235. The number of nitrogens with zero attached hydrogens (tertiary/aromatic N) is 4. The second-order valence-electron chi connectivity index (χ2n) is 4.88. The first-order valence-electron chi connectivity index (χ1n) is 7.08. The number of hydrogen-bond acceptors (Lipinski definition) is 6. The van der Waals surface area contributed by atoms with Gasteiger partial charge >= 0.3 is 0 Å². The Bertz CT molecular complexity index is 988. The van der Waals surface area contributed by atoms with E-state index < -0.39 is 0 Å². The van der Waals surface area contributed by atoms with Crippen LogP contribution in [0.5, 0.6) is 0 Å². The fourth-order valence-electron chi connectivity index (χ4n) is 2.13. The summed E-state index contributed by atoms with van der Waals surface area (Å²) in [5, 5.41) is 15.8. The molecule has 4 aromatic rings. The van der Waals surface area contributed by atoms with Gasteiger partial charge < -0.3 is 9.73 Å². The SMILES string of the molecule is O=C(/C=C/c1ccco1)Nc1cccc(-c2nn3cnnc3s2)c1. The first-order chi connectivity index (χ1) is 11.8. The molecule has 4 rings (SSSR count). The van der Waals surface area contributed by atoms with E-state index in [1.54, 1.807) is 35.3 Å². The summed E-state index contributed by atoms with van der Waals surface area (Å²) in [5.41, 5.74) is 1.59. The van der Waals surface area contributed by atoms with E-state index in [0.717, 1.165) is 15.5 Å². The van der Waals surface area contributed by atoms with E-state index in [0.29, 0.717) is 11.4 Å². The molecular weight excluding hydrogens is 326 g/mol. The highest BCUT2D eigenvalue weighted by Crippen LogP contribution is 2.26. The highest BCUT2D eigenvalue weighted by atomic mass is 32.1. The third-order valence-electron chi connectivity index (χ3n) is 3.21. The Labute approximate surface area is 140 Å². The Morgan fingerprint density at radius 1 is 1.29 bits per heavy atom. The summed E-state index contributed by atoms with van der Waals surface area (Å²) in [5.74, 6) is 0.389. The molecule has 0 aliphatic heterocycles. The van der Waals surface area contributed by atoms with Crippen molar-refractivity contribution in [2.75, 3.05) is 5.32 Å². The van der Waals surface area contributed by atoms with Gasteiger partial charge in [-0.15, -0.1) is 10.2 Å². The van der Waals surface area contributed by atoms with E-state index in [2.05, 4.69) is 20.6 Å². The lowest BCUT2D eigenvalue weighted by Gasteiger charge is -2.03. The minimum atomic E-state index is -0.235. The Morgan fingerprint density at radius 2 is 2.25 bits per heavy atom. The van der Waals surface area contributed by atoms with Gasteiger partial charge in [-0.2, -0.15) is 9.61 Å². The van der Waals surface area contributed by atoms with E-state index >= 15 is 0 Å². The molecule has 0 fully saturated rings. The number of anilines is 1. The molecule has 1 amide bonds. The summed E-state index contributed by atoms with van der Waals surface area (Å²) in [6.07, 6.45) is 6.15. The predicted molar refractivity (Wildman–Crippen MR) is 90.5 cm³/mol. The summed E-state index contributed by atoms with van der Waals surface area (Å²) < 4.78 is 6.77. The van der Waals surface area contributed by atoms with Crippen molar-refractivity contribution >= 4 is 34.0 Å². The van der Waals surface area contributed by atoms with Crippen LogP contribution >= 0.6 is 11.3 Å². The van der Waals surface area contributed by atoms with Gasteiger partial charge in [-0.3, -0.25) is 4.79 Å². The van der Waals surface area contributed by atoms with Gasteiger partial charge in [0.2, 0.25) is 10.9 Å². The Morgan fingerprint density at radius 3 is 3.08 bits per heavy atom. The van der Waals surface area contributed by atoms with Crippen molar-refractivity contribution in [3.05, 3.63) is 60.8 Å².